The van der Waals surface area contributed by atoms with Crippen LogP contribution >= 0.6 is 0 Å². The zero-order valence-electron chi connectivity index (χ0n) is 37.4. The average molecular weight is 876 g/mol. The number of nitrogens with one attached hydrogen (secondary N) is 1. The second kappa shape index (κ2) is 21.8. The molecule has 0 unspecified atom stereocenters. The molecule has 0 aromatic heterocycles. The maximum atomic E-state index is 14.1. The van der Waals surface area contributed by atoms with Crippen molar-refractivity contribution in [1.29, 1.82) is 0 Å². The molecule has 1 saturated heterocycles. The Bertz CT molecular complexity index is 2420. The van der Waals surface area contributed by atoms with Crippen molar-refractivity contribution in [3.05, 3.63) is 239 Å². The first-order chi connectivity index (χ1) is 32.4. The lowest BCUT2D eigenvalue weighted by Gasteiger charge is -2.37. The number of hydrogen-bond acceptors (Lipinski definition) is 7. The number of allylic oxidation sites excluding steroid dienone is 2. The van der Waals surface area contributed by atoms with Gasteiger partial charge in [0.15, 0.2) is 11.6 Å². The number of amides is 1. The van der Waals surface area contributed by atoms with Gasteiger partial charge in [-0.15, -0.1) is 5.06 Å². The number of carbonyl (C=O) groups excluding carboxylic acids is 4. The van der Waals surface area contributed by atoms with Crippen molar-refractivity contribution in [3.63, 3.8) is 0 Å². The number of carbonyl (C=O) groups is 4. The van der Waals surface area contributed by atoms with Gasteiger partial charge >= 0.3 is 5.97 Å². The van der Waals surface area contributed by atoms with E-state index >= 15 is 0 Å². The molecule has 1 amide bonds. The van der Waals surface area contributed by atoms with Gasteiger partial charge in [0, 0.05) is 48.7 Å². The minimum absolute atomic E-state index is 0.00257. The largest absolute Gasteiger partial charge is 0.364 e. The van der Waals surface area contributed by atoms with Gasteiger partial charge in [0.25, 0.3) is 0 Å². The Kier molecular flexibility index (Phi) is 15.0. The van der Waals surface area contributed by atoms with E-state index in [0.717, 1.165) is 42.0 Å². The minimum atomic E-state index is -0.823. The Morgan fingerprint density at radius 3 is 1.33 bits per heavy atom. The number of benzene rings is 6. The van der Waals surface area contributed by atoms with Crippen LogP contribution in [0.5, 0.6) is 0 Å². The van der Waals surface area contributed by atoms with Gasteiger partial charge in [-0.25, -0.2) is 4.79 Å². The highest BCUT2D eigenvalue weighted by Gasteiger charge is 2.38. The van der Waals surface area contributed by atoms with E-state index in [1.807, 2.05) is 41.3 Å². The standard InChI is InChI=1S/C58H57N3O5/c62-53-42-52(56(65)66-61-39-19-20-40-61)54(63)41-45(53)43-60(38-22-36-58(49-29-13-4-14-30-49,50-31-15-5-16-32-50)51-33-17-6-18-34-51)44-55(64)59-37-21-35-57(46-23-7-1-8-24-46,47-25-9-2-10-26-47)48-27-11-3-12-28-48/h1-18,23-34,41-42H,19-22,35-40,43-44H2,(H,59,64). The van der Waals surface area contributed by atoms with Crippen LogP contribution < -0.4 is 5.32 Å². The summed E-state index contributed by atoms with van der Waals surface area (Å²) in [6, 6.07) is 63.1. The van der Waals surface area contributed by atoms with Gasteiger partial charge in [0.05, 0.1) is 6.54 Å². The van der Waals surface area contributed by atoms with Crippen LogP contribution in [0.15, 0.2) is 205 Å². The lowest BCUT2D eigenvalue weighted by atomic mass is 9.66. The van der Waals surface area contributed by atoms with Crippen LogP contribution in [0.3, 0.4) is 0 Å². The Morgan fingerprint density at radius 2 is 0.924 bits per heavy atom. The summed E-state index contributed by atoms with van der Waals surface area (Å²) in [5.74, 6) is -2.02. The van der Waals surface area contributed by atoms with E-state index in [4.69, 9.17) is 4.84 Å². The summed E-state index contributed by atoms with van der Waals surface area (Å²) >= 11 is 0. The molecule has 6 aromatic rings. The molecule has 8 heteroatoms. The maximum absolute atomic E-state index is 14.1. The third-order valence-corrected chi connectivity index (χ3v) is 13.1. The molecule has 0 bridgehead atoms. The predicted octanol–water partition coefficient (Wildman–Crippen LogP) is 9.59. The molecule has 1 aliphatic heterocycles. The van der Waals surface area contributed by atoms with E-state index < -0.39 is 28.4 Å². The van der Waals surface area contributed by atoms with Crippen molar-refractivity contribution in [2.75, 3.05) is 39.3 Å². The SMILES string of the molecule is O=C(CN(CCCC(c1ccccc1)(c1ccccc1)c1ccccc1)CC1=CC(=O)C(C(=O)ON2CCCC2)=CC1=O)NCCCC(c1ccccc1)(c1ccccc1)c1ccccc1. The molecule has 0 saturated carbocycles. The number of hydroxylamine groups is 2. The molecule has 2 aliphatic rings. The Morgan fingerprint density at radius 1 is 0.530 bits per heavy atom. The van der Waals surface area contributed by atoms with E-state index in [0.29, 0.717) is 45.4 Å². The van der Waals surface area contributed by atoms with Crippen LogP contribution in [0.25, 0.3) is 0 Å². The van der Waals surface area contributed by atoms with Crippen LogP contribution in [0.2, 0.25) is 0 Å². The third kappa shape index (κ3) is 10.4. The van der Waals surface area contributed by atoms with Gasteiger partial charge in [-0.3, -0.25) is 19.3 Å². The van der Waals surface area contributed by atoms with E-state index in [1.54, 1.807) is 0 Å². The molecule has 8 rings (SSSR count). The normalized spacial score (nSPS) is 14.4. The molecule has 0 atom stereocenters. The maximum Gasteiger partial charge on any atom is 0.361 e. The zero-order chi connectivity index (χ0) is 45.6. The van der Waals surface area contributed by atoms with Crippen LogP contribution in [-0.4, -0.2) is 72.7 Å². The van der Waals surface area contributed by atoms with Gasteiger partial charge in [-0.2, -0.15) is 0 Å². The van der Waals surface area contributed by atoms with Crippen LogP contribution in [0, 0.1) is 0 Å². The Labute approximate surface area is 388 Å². The summed E-state index contributed by atoms with van der Waals surface area (Å²) in [5, 5.41) is 4.74. The summed E-state index contributed by atoms with van der Waals surface area (Å²) in [6.07, 6.45) is 6.91. The second-order valence-electron chi connectivity index (χ2n) is 17.2. The Balaban J connectivity index is 1.02. The van der Waals surface area contributed by atoms with Crippen molar-refractivity contribution >= 4 is 23.4 Å². The summed E-state index contributed by atoms with van der Waals surface area (Å²) in [6.45, 7) is 2.12. The molecule has 0 radical (unpaired) electrons. The van der Waals surface area contributed by atoms with Crippen molar-refractivity contribution in [2.45, 2.75) is 49.4 Å². The van der Waals surface area contributed by atoms with Crippen molar-refractivity contribution in [3.8, 4) is 0 Å². The first-order valence-corrected chi connectivity index (χ1v) is 23.2. The van der Waals surface area contributed by atoms with E-state index in [1.165, 1.54) is 27.8 Å². The highest BCUT2D eigenvalue weighted by molar-refractivity contribution is 6.30. The molecular weight excluding hydrogens is 819 g/mol. The van der Waals surface area contributed by atoms with Gasteiger partial charge in [0.2, 0.25) is 5.91 Å². The summed E-state index contributed by atoms with van der Waals surface area (Å²) in [7, 11) is 0. The lowest BCUT2D eigenvalue weighted by Crippen LogP contribution is -2.41. The predicted molar refractivity (Wildman–Crippen MR) is 259 cm³/mol. The highest BCUT2D eigenvalue weighted by atomic mass is 16.7. The lowest BCUT2D eigenvalue weighted by molar-refractivity contribution is -0.180. The number of ketones is 2. The van der Waals surface area contributed by atoms with Crippen LogP contribution in [0.1, 0.15) is 71.9 Å². The smallest absolute Gasteiger partial charge is 0.361 e. The molecule has 1 aliphatic carbocycles. The Hall–Kier alpha value is -7.00. The quantitative estimate of drug-likeness (QED) is 0.0354. The van der Waals surface area contributed by atoms with Crippen molar-refractivity contribution in [1.82, 2.24) is 15.3 Å². The average Bonchev–Trinajstić information content (AvgIpc) is 3.89. The zero-order valence-corrected chi connectivity index (χ0v) is 37.4. The first kappa shape index (κ1) is 45.6. The highest BCUT2D eigenvalue weighted by Crippen LogP contribution is 2.44. The van der Waals surface area contributed by atoms with Gasteiger partial charge in [-0.1, -0.05) is 182 Å². The van der Waals surface area contributed by atoms with E-state index in [-0.39, 0.29) is 30.1 Å². The van der Waals surface area contributed by atoms with Crippen molar-refractivity contribution in [2.24, 2.45) is 0 Å². The fourth-order valence-electron chi connectivity index (χ4n) is 9.90. The fraction of sp³-hybridized carbons (Fsp3) is 0.241. The molecule has 66 heavy (non-hydrogen) atoms. The molecule has 8 nitrogen and oxygen atoms in total. The molecule has 6 aromatic carbocycles. The van der Waals surface area contributed by atoms with Gasteiger partial charge in [-0.05, 0) is 84.5 Å². The number of rotatable bonds is 20. The first-order valence-electron chi connectivity index (χ1n) is 23.2. The van der Waals surface area contributed by atoms with E-state index in [9.17, 15) is 19.2 Å². The second-order valence-corrected chi connectivity index (χ2v) is 17.2. The number of nitrogens with zero attached hydrogens (tertiary/aromatic N) is 2. The molecule has 1 fully saturated rings. The van der Waals surface area contributed by atoms with Gasteiger partial charge < -0.3 is 10.2 Å². The van der Waals surface area contributed by atoms with Crippen molar-refractivity contribution < 1.29 is 24.0 Å². The summed E-state index contributed by atoms with van der Waals surface area (Å²) in [4.78, 5) is 61.6. The molecule has 0 spiro atoms. The number of hydrogen-bond donors (Lipinski definition) is 1. The molecule has 1 N–H and O–H groups in total. The van der Waals surface area contributed by atoms with Crippen LogP contribution in [0.4, 0.5) is 0 Å². The molecule has 1 heterocycles. The third-order valence-electron chi connectivity index (χ3n) is 13.1. The minimum Gasteiger partial charge on any atom is -0.364 e. The summed E-state index contributed by atoms with van der Waals surface area (Å²) < 4.78 is 0. The summed E-state index contributed by atoms with van der Waals surface area (Å²) in [5.41, 5.74) is 5.98. The monoisotopic (exact) mass is 875 g/mol. The molecule has 334 valence electrons. The molecular formula is C58H57N3O5. The van der Waals surface area contributed by atoms with Crippen LogP contribution in [-0.2, 0) is 34.8 Å². The topological polar surface area (TPSA) is 96.0 Å². The van der Waals surface area contributed by atoms with Gasteiger partial charge in [0.1, 0.15) is 5.57 Å². The van der Waals surface area contributed by atoms with E-state index in [2.05, 4.69) is 151 Å². The fourth-order valence-corrected chi connectivity index (χ4v) is 9.90.